The van der Waals surface area contributed by atoms with Crippen LogP contribution in [-0.2, 0) is 6.54 Å². The second-order valence-electron chi connectivity index (χ2n) is 4.94. The molecule has 16 heavy (non-hydrogen) atoms. The van der Waals surface area contributed by atoms with Crippen molar-refractivity contribution < 1.29 is 0 Å². The minimum absolute atomic E-state index is 0.621. The lowest BCUT2D eigenvalue weighted by atomic mass is 10.0. The lowest BCUT2D eigenvalue weighted by Crippen LogP contribution is -2.23. The zero-order chi connectivity index (χ0) is 11.4. The molecule has 0 saturated heterocycles. The number of hydrogen-bond acceptors (Lipinski definition) is 1. The van der Waals surface area contributed by atoms with Gasteiger partial charge in [-0.2, -0.15) is 0 Å². The average Bonchev–Trinajstić information content (AvgIpc) is 3.02. The Kier molecular flexibility index (Phi) is 3.88. The summed E-state index contributed by atoms with van der Waals surface area (Å²) >= 11 is 6.11. The molecule has 1 aromatic carbocycles. The first-order valence-corrected chi connectivity index (χ1v) is 6.58. The van der Waals surface area contributed by atoms with E-state index in [1.165, 1.54) is 31.2 Å². The van der Waals surface area contributed by atoms with Crippen LogP contribution in [0.4, 0.5) is 0 Å². The largest absolute Gasteiger partial charge is 0.312 e. The molecule has 1 aromatic rings. The first-order valence-electron chi connectivity index (χ1n) is 6.20. The number of halogens is 1. The van der Waals surface area contributed by atoms with Gasteiger partial charge in [-0.25, -0.2) is 0 Å². The Bertz CT molecular complexity index is 344. The zero-order valence-corrected chi connectivity index (χ0v) is 10.7. The quantitative estimate of drug-likeness (QED) is 0.788. The molecule has 2 rings (SSSR count). The Morgan fingerprint density at radius 1 is 1.31 bits per heavy atom. The van der Waals surface area contributed by atoms with E-state index < -0.39 is 0 Å². The fraction of sp³-hybridized carbons (Fsp3) is 0.571. The summed E-state index contributed by atoms with van der Waals surface area (Å²) < 4.78 is 0. The Balaban J connectivity index is 1.78. The molecule has 0 atom stereocenters. The normalized spacial score (nSPS) is 17.4. The van der Waals surface area contributed by atoms with E-state index in [9.17, 15) is 0 Å². The maximum absolute atomic E-state index is 6.11. The van der Waals surface area contributed by atoms with E-state index in [-0.39, 0.29) is 0 Å². The number of nitrogens with one attached hydrogen (secondary N) is 1. The zero-order valence-electron chi connectivity index (χ0n) is 9.93. The molecule has 88 valence electrons. The minimum atomic E-state index is 0.621. The van der Waals surface area contributed by atoms with Gasteiger partial charge >= 0.3 is 0 Å². The van der Waals surface area contributed by atoms with E-state index in [4.69, 9.17) is 11.6 Å². The van der Waals surface area contributed by atoms with Crippen molar-refractivity contribution in [2.45, 2.75) is 39.2 Å². The highest BCUT2D eigenvalue weighted by Gasteiger charge is 2.40. The Morgan fingerprint density at radius 3 is 2.69 bits per heavy atom. The van der Waals surface area contributed by atoms with Crippen LogP contribution in [0, 0.1) is 5.41 Å². The van der Waals surface area contributed by atoms with Gasteiger partial charge in [0.15, 0.2) is 0 Å². The van der Waals surface area contributed by atoms with Crippen molar-refractivity contribution in [1.29, 1.82) is 0 Å². The molecule has 0 unspecified atom stereocenters. The third kappa shape index (κ3) is 2.99. The van der Waals surface area contributed by atoms with Crippen molar-refractivity contribution in [3.63, 3.8) is 0 Å². The van der Waals surface area contributed by atoms with Crippen molar-refractivity contribution in [3.05, 3.63) is 34.9 Å². The molecule has 1 aliphatic carbocycles. The second-order valence-corrected chi connectivity index (χ2v) is 5.35. The van der Waals surface area contributed by atoms with E-state index in [1.807, 2.05) is 18.2 Å². The van der Waals surface area contributed by atoms with Crippen LogP contribution in [0.5, 0.6) is 0 Å². The molecule has 1 aliphatic rings. The summed E-state index contributed by atoms with van der Waals surface area (Å²) in [5, 5.41) is 4.42. The van der Waals surface area contributed by atoms with Crippen molar-refractivity contribution in [2.24, 2.45) is 5.41 Å². The van der Waals surface area contributed by atoms with E-state index >= 15 is 0 Å². The van der Waals surface area contributed by atoms with Crippen molar-refractivity contribution >= 4 is 11.6 Å². The molecule has 0 bridgehead atoms. The summed E-state index contributed by atoms with van der Waals surface area (Å²) in [4.78, 5) is 0. The average molecular weight is 238 g/mol. The predicted octanol–water partition coefficient (Wildman–Crippen LogP) is 4.01. The fourth-order valence-electron chi connectivity index (χ4n) is 2.33. The number of rotatable bonds is 6. The highest BCUT2D eigenvalue weighted by atomic mass is 35.5. The fourth-order valence-corrected chi connectivity index (χ4v) is 2.53. The summed E-state index contributed by atoms with van der Waals surface area (Å²) in [5.74, 6) is 0. The topological polar surface area (TPSA) is 12.0 Å². The maximum Gasteiger partial charge on any atom is 0.0450 e. The van der Waals surface area contributed by atoms with Gasteiger partial charge in [-0.15, -0.1) is 0 Å². The highest BCUT2D eigenvalue weighted by molar-refractivity contribution is 6.31. The summed E-state index contributed by atoms with van der Waals surface area (Å²) in [5.41, 5.74) is 1.83. The van der Waals surface area contributed by atoms with E-state index in [1.54, 1.807) is 0 Å². The molecule has 0 radical (unpaired) electrons. The number of benzene rings is 1. The molecule has 0 aromatic heterocycles. The Labute approximate surface area is 103 Å². The van der Waals surface area contributed by atoms with Gasteiger partial charge in [-0.3, -0.25) is 0 Å². The van der Waals surface area contributed by atoms with Gasteiger partial charge in [0.25, 0.3) is 0 Å². The molecule has 1 saturated carbocycles. The van der Waals surface area contributed by atoms with Gasteiger partial charge in [0, 0.05) is 18.1 Å². The summed E-state index contributed by atoms with van der Waals surface area (Å²) in [7, 11) is 0. The second kappa shape index (κ2) is 5.20. The highest BCUT2D eigenvalue weighted by Crippen LogP contribution is 2.48. The Hall–Kier alpha value is -0.530. The number of hydrogen-bond donors (Lipinski definition) is 1. The first-order chi connectivity index (χ1) is 7.76. The smallest absolute Gasteiger partial charge is 0.0450 e. The van der Waals surface area contributed by atoms with Crippen LogP contribution in [-0.4, -0.2) is 6.54 Å². The van der Waals surface area contributed by atoms with Crippen LogP contribution < -0.4 is 5.32 Å². The van der Waals surface area contributed by atoms with Crippen LogP contribution in [0.3, 0.4) is 0 Å². The lowest BCUT2D eigenvalue weighted by Gasteiger charge is -2.15. The Morgan fingerprint density at radius 2 is 2.06 bits per heavy atom. The summed E-state index contributed by atoms with van der Waals surface area (Å²) in [6.07, 6.45) is 5.46. The van der Waals surface area contributed by atoms with Crippen LogP contribution in [0.1, 0.15) is 38.2 Å². The van der Waals surface area contributed by atoms with Crippen LogP contribution in [0.25, 0.3) is 0 Å². The molecule has 1 nitrogen and oxygen atoms in total. The van der Waals surface area contributed by atoms with Crippen LogP contribution in [0.2, 0.25) is 5.02 Å². The van der Waals surface area contributed by atoms with E-state index in [0.717, 1.165) is 18.1 Å². The molecule has 2 heteroatoms. The molecule has 0 aliphatic heterocycles. The molecule has 0 spiro atoms. The molecule has 0 amide bonds. The van der Waals surface area contributed by atoms with Gasteiger partial charge in [0.05, 0.1) is 0 Å². The third-order valence-electron chi connectivity index (χ3n) is 3.51. The van der Waals surface area contributed by atoms with Crippen molar-refractivity contribution in [2.75, 3.05) is 6.54 Å². The van der Waals surface area contributed by atoms with E-state index in [0.29, 0.717) is 5.41 Å². The first kappa shape index (κ1) is 11.9. The van der Waals surface area contributed by atoms with Gasteiger partial charge in [-0.1, -0.05) is 43.1 Å². The molecule has 1 N–H and O–H groups in total. The van der Waals surface area contributed by atoms with E-state index in [2.05, 4.69) is 18.3 Å². The summed E-state index contributed by atoms with van der Waals surface area (Å²) in [6, 6.07) is 8.07. The molecule has 1 fully saturated rings. The molecule has 0 heterocycles. The summed E-state index contributed by atoms with van der Waals surface area (Å²) in [6.45, 7) is 4.31. The maximum atomic E-state index is 6.11. The van der Waals surface area contributed by atoms with Crippen LogP contribution in [0.15, 0.2) is 24.3 Å². The lowest BCUT2D eigenvalue weighted by molar-refractivity contribution is 0.421. The SMILES string of the molecule is CCCC1(CNCc2ccccc2Cl)CC1. The minimum Gasteiger partial charge on any atom is -0.312 e. The van der Waals surface area contributed by atoms with Gasteiger partial charge in [-0.05, 0) is 36.3 Å². The van der Waals surface area contributed by atoms with Crippen molar-refractivity contribution in [1.82, 2.24) is 5.32 Å². The standard InChI is InChI=1S/C14H20ClN/c1-2-7-14(8-9-14)11-16-10-12-5-3-4-6-13(12)15/h3-6,16H,2,7-11H2,1H3. The van der Waals surface area contributed by atoms with Crippen molar-refractivity contribution in [3.8, 4) is 0 Å². The molecular weight excluding hydrogens is 218 g/mol. The third-order valence-corrected chi connectivity index (χ3v) is 3.88. The molecular formula is C14H20ClN. The van der Waals surface area contributed by atoms with Gasteiger partial charge in [0.1, 0.15) is 0 Å². The van der Waals surface area contributed by atoms with Gasteiger partial charge < -0.3 is 5.32 Å². The van der Waals surface area contributed by atoms with Gasteiger partial charge in [0.2, 0.25) is 0 Å². The predicted molar refractivity (Wildman–Crippen MR) is 69.7 cm³/mol. The monoisotopic (exact) mass is 237 g/mol. The van der Waals surface area contributed by atoms with Crippen LogP contribution >= 0.6 is 11.6 Å².